The van der Waals surface area contributed by atoms with E-state index in [1.807, 2.05) is 18.2 Å². The topological polar surface area (TPSA) is 34.6 Å². The summed E-state index contributed by atoms with van der Waals surface area (Å²) >= 11 is 1.66. The Morgan fingerprint density at radius 1 is 1.30 bits per heavy atom. The summed E-state index contributed by atoms with van der Waals surface area (Å²) in [5, 5.41) is 3.12. The van der Waals surface area contributed by atoms with Crippen molar-refractivity contribution in [3.63, 3.8) is 0 Å². The molecule has 2 aromatic rings. The fourth-order valence-electron chi connectivity index (χ4n) is 2.90. The Balaban J connectivity index is 1.79. The lowest BCUT2D eigenvalue weighted by atomic mass is 10.2. The largest absolute Gasteiger partial charge is 0.493 e. The van der Waals surface area contributed by atoms with Gasteiger partial charge in [-0.25, -0.2) is 4.98 Å². The summed E-state index contributed by atoms with van der Waals surface area (Å²) in [6.07, 6.45) is 2.74. The Labute approximate surface area is 142 Å². The maximum absolute atomic E-state index is 5.52. The molecule has 1 fully saturated rings. The third-order valence-corrected chi connectivity index (χ3v) is 5.52. The number of rotatable bonds is 7. The fraction of sp³-hybridized carbons (Fsp3) is 0.500. The number of hydrogen-bond acceptors (Lipinski definition) is 5. The highest BCUT2D eigenvalue weighted by molar-refractivity contribution is 7.13. The summed E-state index contributed by atoms with van der Waals surface area (Å²) in [6, 6.07) is 6.54. The van der Waals surface area contributed by atoms with Gasteiger partial charge >= 0.3 is 0 Å². The number of aromatic nitrogens is 1. The van der Waals surface area contributed by atoms with Gasteiger partial charge in [-0.1, -0.05) is 6.07 Å². The zero-order valence-electron chi connectivity index (χ0n) is 14.2. The van der Waals surface area contributed by atoms with Crippen LogP contribution in [-0.4, -0.2) is 37.2 Å². The normalized spacial score (nSPS) is 15.7. The van der Waals surface area contributed by atoms with E-state index in [0.29, 0.717) is 6.04 Å². The zero-order chi connectivity index (χ0) is 16.4. The van der Waals surface area contributed by atoms with E-state index in [1.54, 1.807) is 25.6 Å². The van der Waals surface area contributed by atoms with Crippen molar-refractivity contribution in [2.45, 2.75) is 32.4 Å². The maximum atomic E-state index is 5.52. The minimum Gasteiger partial charge on any atom is -0.493 e. The van der Waals surface area contributed by atoms with Crippen molar-refractivity contribution < 1.29 is 9.47 Å². The quantitative estimate of drug-likeness (QED) is 0.766. The Hall–Kier alpha value is -1.59. The number of ether oxygens (including phenoxy) is 2. The average Bonchev–Trinajstić information content (AvgIpc) is 3.32. The fourth-order valence-corrected chi connectivity index (χ4v) is 3.73. The van der Waals surface area contributed by atoms with Crippen molar-refractivity contribution >= 4 is 11.3 Å². The van der Waals surface area contributed by atoms with Crippen LogP contribution in [0.1, 0.15) is 25.5 Å². The summed E-state index contributed by atoms with van der Waals surface area (Å²) in [6.45, 7) is 3.20. The third-order valence-electron chi connectivity index (χ3n) is 4.60. The molecule has 0 spiro atoms. The summed E-state index contributed by atoms with van der Waals surface area (Å²) in [5.41, 5.74) is 2.10. The molecule has 4 nitrogen and oxygen atoms in total. The van der Waals surface area contributed by atoms with E-state index in [1.165, 1.54) is 12.8 Å². The van der Waals surface area contributed by atoms with E-state index < -0.39 is 0 Å². The van der Waals surface area contributed by atoms with Crippen molar-refractivity contribution in [3.8, 4) is 22.1 Å². The maximum Gasteiger partial charge on any atom is 0.170 e. The van der Waals surface area contributed by atoms with Gasteiger partial charge in [0.15, 0.2) is 11.5 Å². The lowest BCUT2D eigenvalue weighted by Gasteiger charge is -2.23. The second kappa shape index (κ2) is 6.89. The smallest absolute Gasteiger partial charge is 0.170 e. The lowest BCUT2D eigenvalue weighted by Crippen LogP contribution is -2.30. The molecule has 0 N–H and O–H groups in total. The van der Waals surface area contributed by atoms with Crippen LogP contribution in [0.4, 0.5) is 0 Å². The molecule has 3 rings (SSSR count). The number of benzene rings is 1. The van der Waals surface area contributed by atoms with Crippen molar-refractivity contribution in [2.75, 3.05) is 21.3 Å². The van der Waals surface area contributed by atoms with Crippen LogP contribution in [0.25, 0.3) is 10.6 Å². The Morgan fingerprint density at radius 2 is 2.09 bits per heavy atom. The number of methoxy groups -OCH3 is 2. The second-order valence-corrected chi connectivity index (χ2v) is 7.04. The number of para-hydroxylation sites is 1. The van der Waals surface area contributed by atoms with Crippen LogP contribution in [0.2, 0.25) is 0 Å². The summed E-state index contributed by atoms with van der Waals surface area (Å²) in [7, 11) is 5.51. The molecule has 1 aromatic carbocycles. The minimum atomic E-state index is 0.631. The molecule has 0 amide bonds. The standard InChI is InChI=1S/C18H24N2O2S/c1-12(13-8-9-13)20(2)10-14-11-23-18(19-14)15-6-5-7-16(21-3)17(15)22-4/h5-7,11-13H,8-10H2,1-4H3. The Kier molecular flexibility index (Phi) is 4.87. The van der Waals surface area contributed by atoms with E-state index in [0.717, 1.165) is 40.2 Å². The first-order valence-electron chi connectivity index (χ1n) is 8.00. The van der Waals surface area contributed by atoms with Gasteiger partial charge in [0.25, 0.3) is 0 Å². The molecular weight excluding hydrogens is 308 g/mol. The summed E-state index contributed by atoms with van der Waals surface area (Å²) in [4.78, 5) is 7.21. The van der Waals surface area contributed by atoms with Crippen LogP contribution >= 0.6 is 11.3 Å². The van der Waals surface area contributed by atoms with Crippen LogP contribution in [0.15, 0.2) is 23.6 Å². The van der Waals surface area contributed by atoms with Crippen LogP contribution in [0, 0.1) is 5.92 Å². The van der Waals surface area contributed by atoms with Gasteiger partial charge in [-0.15, -0.1) is 11.3 Å². The molecule has 0 aliphatic heterocycles. The van der Waals surface area contributed by atoms with E-state index in [9.17, 15) is 0 Å². The zero-order valence-corrected chi connectivity index (χ0v) is 15.0. The molecular formula is C18H24N2O2S. The van der Waals surface area contributed by atoms with E-state index in [2.05, 4.69) is 24.3 Å². The van der Waals surface area contributed by atoms with Gasteiger partial charge in [-0.2, -0.15) is 0 Å². The number of thiazole rings is 1. The molecule has 1 aliphatic carbocycles. The van der Waals surface area contributed by atoms with Gasteiger partial charge in [-0.3, -0.25) is 4.90 Å². The van der Waals surface area contributed by atoms with Gasteiger partial charge in [0, 0.05) is 18.0 Å². The molecule has 1 aromatic heterocycles. The molecule has 0 radical (unpaired) electrons. The monoisotopic (exact) mass is 332 g/mol. The molecule has 0 saturated heterocycles. The van der Waals surface area contributed by atoms with Crippen molar-refractivity contribution in [1.29, 1.82) is 0 Å². The predicted molar refractivity (Wildman–Crippen MR) is 94.3 cm³/mol. The molecule has 0 bridgehead atoms. The minimum absolute atomic E-state index is 0.631. The van der Waals surface area contributed by atoms with Crippen molar-refractivity contribution in [1.82, 2.24) is 9.88 Å². The molecule has 1 aliphatic rings. The first-order chi connectivity index (χ1) is 11.1. The van der Waals surface area contributed by atoms with Crippen LogP contribution in [-0.2, 0) is 6.54 Å². The number of hydrogen-bond donors (Lipinski definition) is 0. The highest BCUT2D eigenvalue weighted by Gasteiger charge is 2.30. The molecule has 1 heterocycles. The van der Waals surface area contributed by atoms with Gasteiger partial charge in [-0.05, 0) is 44.9 Å². The SMILES string of the molecule is COc1cccc(-c2nc(CN(C)C(C)C3CC3)cs2)c1OC. The van der Waals surface area contributed by atoms with Crippen molar-refractivity contribution in [3.05, 3.63) is 29.3 Å². The summed E-state index contributed by atoms with van der Waals surface area (Å²) in [5.74, 6) is 2.36. The number of nitrogens with zero attached hydrogens (tertiary/aromatic N) is 2. The van der Waals surface area contributed by atoms with Crippen LogP contribution in [0.5, 0.6) is 11.5 Å². The highest BCUT2D eigenvalue weighted by Crippen LogP contribution is 2.39. The molecule has 1 unspecified atom stereocenters. The Bertz CT molecular complexity index is 667. The van der Waals surface area contributed by atoms with E-state index in [-0.39, 0.29) is 0 Å². The van der Waals surface area contributed by atoms with Gasteiger partial charge < -0.3 is 9.47 Å². The second-order valence-electron chi connectivity index (χ2n) is 6.18. The van der Waals surface area contributed by atoms with E-state index >= 15 is 0 Å². The van der Waals surface area contributed by atoms with E-state index in [4.69, 9.17) is 14.5 Å². The molecule has 124 valence electrons. The van der Waals surface area contributed by atoms with Gasteiger partial charge in [0.2, 0.25) is 0 Å². The molecule has 1 saturated carbocycles. The Morgan fingerprint density at radius 3 is 2.74 bits per heavy atom. The average molecular weight is 332 g/mol. The van der Waals surface area contributed by atoms with Crippen LogP contribution in [0.3, 0.4) is 0 Å². The van der Waals surface area contributed by atoms with Gasteiger partial charge in [0.05, 0.1) is 25.5 Å². The highest BCUT2D eigenvalue weighted by atomic mass is 32.1. The molecule has 23 heavy (non-hydrogen) atoms. The summed E-state index contributed by atoms with van der Waals surface area (Å²) < 4.78 is 10.9. The van der Waals surface area contributed by atoms with Gasteiger partial charge in [0.1, 0.15) is 5.01 Å². The molecule has 5 heteroatoms. The first kappa shape index (κ1) is 16.3. The van der Waals surface area contributed by atoms with Crippen LogP contribution < -0.4 is 9.47 Å². The first-order valence-corrected chi connectivity index (χ1v) is 8.88. The third kappa shape index (κ3) is 3.51. The predicted octanol–water partition coefficient (Wildman–Crippen LogP) is 4.06. The van der Waals surface area contributed by atoms with Crippen molar-refractivity contribution in [2.24, 2.45) is 5.92 Å². The molecule has 1 atom stereocenters. The lowest BCUT2D eigenvalue weighted by molar-refractivity contribution is 0.224.